The average Bonchev–Trinajstić information content (AvgIpc) is 2.45. The van der Waals surface area contributed by atoms with Gasteiger partial charge in [0.25, 0.3) is 0 Å². The van der Waals surface area contributed by atoms with Crippen LogP contribution >= 0.6 is 0 Å². The van der Waals surface area contributed by atoms with Gasteiger partial charge in [-0.1, -0.05) is 38.1 Å². The molecule has 2 rings (SSSR count). The Hall–Kier alpha value is -2.29. The minimum atomic E-state index is 0.0326. The number of nitrogens with two attached hydrogens (primary N) is 1. The molecule has 0 unspecified atom stereocenters. The first-order valence-electron chi connectivity index (χ1n) is 6.79. The maximum atomic E-state index is 12.0. The predicted molar refractivity (Wildman–Crippen MR) is 84.2 cm³/mol. The van der Waals surface area contributed by atoms with Crippen molar-refractivity contribution in [1.29, 1.82) is 0 Å². The molecule has 0 spiro atoms. The summed E-state index contributed by atoms with van der Waals surface area (Å²) in [5.74, 6) is 0.545. The molecule has 0 saturated carbocycles. The van der Waals surface area contributed by atoms with E-state index in [1.807, 2.05) is 12.1 Å². The molecule has 0 heterocycles. The van der Waals surface area contributed by atoms with Gasteiger partial charge in [-0.3, -0.25) is 4.79 Å². The molecule has 0 aliphatic rings. The molecule has 2 aromatic rings. The molecule has 0 saturated heterocycles. The van der Waals surface area contributed by atoms with Crippen molar-refractivity contribution in [3.05, 3.63) is 59.7 Å². The summed E-state index contributed by atoms with van der Waals surface area (Å²) >= 11 is 0. The third kappa shape index (κ3) is 3.60. The van der Waals surface area contributed by atoms with E-state index >= 15 is 0 Å². The summed E-state index contributed by atoms with van der Waals surface area (Å²) in [7, 11) is 0. The molecule has 0 radical (unpaired) electrons. The SMILES string of the molecule is CC(C)c1ccc(NCC(=O)c2cccc(N)c2)cc1. The number of Topliss-reactive ketones (excluding diaryl/α,β-unsaturated/α-hetero) is 1. The Morgan fingerprint density at radius 3 is 2.45 bits per heavy atom. The molecular formula is C17H20N2O. The highest BCUT2D eigenvalue weighted by atomic mass is 16.1. The fourth-order valence-corrected chi connectivity index (χ4v) is 1.98. The van der Waals surface area contributed by atoms with Crippen LogP contribution in [-0.2, 0) is 0 Å². The fraction of sp³-hybridized carbons (Fsp3) is 0.235. The number of carbonyl (C=O) groups excluding carboxylic acids is 1. The summed E-state index contributed by atoms with van der Waals surface area (Å²) in [5, 5.41) is 3.14. The zero-order valence-corrected chi connectivity index (χ0v) is 11.9. The Kier molecular flexibility index (Phi) is 4.41. The number of nitrogen functional groups attached to an aromatic ring is 1. The number of ketones is 1. The highest BCUT2D eigenvalue weighted by molar-refractivity contribution is 5.99. The average molecular weight is 268 g/mol. The van der Waals surface area contributed by atoms with Crippen LogP contribution in [0.3, 0.4) is 0 Å². The molecule has 0 aromatic heterocycles. The van der Waals surface area contributed by atoms with E-state index in [0.717, 1.165) is 5.69 Å². The van der Waals surface area contributed by atoms with Crippen molar-refractivity contribution in [3.8, 4) is 0 Å². The van der Waals surface area contributed by atoms with Gasteiger partial charge in [0.1, 0.15) is 0 Å². The monoisotopic (exact) mass is 268 g/mol. The van der Waals surface area contributed by atoms with Crippen molar-refractivity contribution in [2.45, 2.75) is 19.8 Å². The summed E-state index contributed by atoms with van der Waals surface area (Å²) in [6.45, 7) is 4.59. The summed E-state index contributed by atoms with van der Waals surface area (Å²) in [5.41, 5.74) is 9.16. The van der Waals surface area contributed by atoms with Gasteiger partial charge in [-0.2, -0.15) is 0 Å². The molecule has 104 valence electrons. The van der Waals surface area contributed by atoms with E-state index in [4.69, 9.17) is 5.73 Å². The molecular weight excluding hydrogens is 248 g/mol. The Morgan fingerprint density at radius 2 is 1.85 bits per heavy atom. The molecule has 0 fully saturated rings. The second kappa shape index (κ2) is 6.24. The first-order chi connectivity index (χ1) is 9.56. The van der Waals surface area contributed by atoms with Gasteiger partial charge < -0.3 is 11.1 Å². The van der Waals surface area contributed by atoms with E-state index in [1.165, 1.54) is 5.56 Å². The molecule has 3 heteroatoms. The maximum absolute atomic E-state index is 12.0. The van der Waals surface area contributed by atoms with Gasteiger partial charge in [0.05, 0.1) is 6.54 Å². The van der Waals surface area contributed by atoms with Gasteiger partial charge in [0, 0.05) is 16.9 Å². The lowest BCUT2D eigenvalue weighted by Gasteiger charge is -2.09. The van der Waals surface area contributed by atoms with Crippen LogP contribution in [0.2, 0.25) is 0 Å². The number of nitrogens with one attached hydrogen (secondary N) is 1. The lowest BCUT2D eigenvalue weighted by molar-refractivity contribution is 0.101. The fourth-order valence-electron chi connectivity index (χ4n) is 1.98. The van der Waals surface area contributed by atoms with Gasteiger partial charge >= 0.3 is 0 Å². The summed E-state index contributed by atoms with van der Waals surface area (Å²) < 4.78 is 0. The third-order valence-electron chi connectivity index (χ3n) is 3.24. The number of hydrogen-bond donors (Lipinski definition) is 2. The van der Waals surface area contributed by atoms with E-state index in [0.29, 0.717) is 17.2 Å². The zero-order valence-electron chi connectivity index (χ0n) is 11.9. The van der Waals surface area contributed by atoms with Gasteiger partial charge in [0.2, 0.25) is 0 Å². The van der Waals surface area contributed by atoms with Crippen molar-refractivity contribution in [2.24, 2.45) is 0 Å². The molecule has 0 aliphatic heterocycles. The minimum Gasteiger partial charge on any atom is -0.399 e. The predicted octanol–water partition coefficient (Wildman–Crippen LogP) is 3.69. The van der Waals surface area contributed by atoms with Crippen LogP contribution in [0.15, 0.2) is 48.5 Å². The largest absolute Gasteiger partial charge is 0.399 e. The first-order valence-corrected chi connectivity index (χ1v) is 6.79. The first kappa shape index (κ1) is 14.1. The third-order valence-corrected chi connectivity index (χ3v) is 3.24. The summed E-state index contributed by atoms with van der Waals surface area (Å²) in [6, 6.07) is 15.2. The lowest BCUT2D eigenvalue weighted by atomic mass is 10.0. The molecule has 2 aromatic carbocycles. The topological polar surface area (TPSA) is 55.1 Å². The van der Waals surface area contributed by atoms with Gasteiger partial charge in [0.15, 0.2) is 5.78 Å². The van der Waals surface area contributed by atoms with E-state index < -0.39 is 0 Å². The molecule has 0 amide bonds. The van der Waals surface area contributed by atoms with Crippen LogP contribution in [0.5, 0.6) is 0 Å². The lowest BCUT2D eigenvalue weighted by Crippen LogP contribution is -2.14. The van der Waals surface area contributed by atoms with Crippen molar-refractivity contribution in [1.82, 2.24) is 0 Å². The molecule has 3 nitrogen and oxygen atoms in total. The quantitative estimate of drug-likeness (QED) is 0.642. The van der Waals surface area contributed by atoms with Gasteiger partial charge in [-0.25, -0.2) is 0 Å². The normalized spacial score (nSPS) is 10.6. The number of hydrogen-bond acceptors (Lipinski definition) is 3. The van der Waals surface area contributed by atoms with Crippen molar-refractivity contribution < 1.29 is 4.79 Å². The molecule has 0 atom stereocenters. The molecule has 20 heavy (non-hydrogen) atoms. The van der Waals surface area contributed by atoms with Crippen molar-refractivity contribution in [3.63, 3.8) is 0 Å². The number of carbonyl (C=O) groups is 1. The Labute approximate surface area is 119 Å². The molecule has 0 aliphatic carbocycles. The number of benzene rings is 2. The van der Waals surface area contributed by atoms with Crippen LogP contribution in [-0.4, -0.2) is 12.3 Å². The summed E-state index contributed by atoms with van der Waals surface area (Å²) in [6.07, 6.45) is 0. The highest BCUT2D eigenvalue weighted by Gasteiger charge is 2.06. The second-order valence-electron chi connectivity index (χ2n) is 5.18. The van der Waals surface area contributed by atoms with E-state index in [9.17, 15) is 4.79 Å². The van der Waals surface area contributed by atoms with Crippen LogP contribution in [0, 0.1) is 0 Å². The van der Waals surface area contributed by atoms with Crippen LogP contribution in [0.4, 0.5) is 11.4 Å². The number of anilines is 2. The number of rotatable bonds is 5. The zero-order chi connectivity index (χ0) is 14.5. The van der Waals surface area contributed by atoms with E-state index in [2.05, 4.69) is 31.3 Å². The van der Waals surface area contributed by atoms with E-state index in [1.54, 1.807) is 24.3 Å². The Bertz CT molecular complexity index is 588. The van der Waals surface area contributed by atoms with Crippen molar-refractivity contribution in [2.75, 3.05) is 17.6 Å². The Morgan fingerprint density at radius 1 is 1.15 bits per heavy atom. The van der Waals surface area contributed by atoms with Gasteiger partial charge in [-0.15, -0.1) is 0 Å². The van der Waals surface area contributed by atoms with Crippen LogP contribution in [0.25, 0.3) is 0 Å². The van der Waals surface area contributed by atoms with Crippen molar-refractivity contribution >= 4 is 17.2 Å². The highest BCUT2D eigenvalue weighted by Crippen LogP contribution is 2.17. The van der Waals surface area contributed by atoms with Crippen LogP contribution < -0.4 is 11.1 Å². The van der Waals surface area contributed by atoms with Gasteiger partial charge in [-0.05, 0) is 35.7 Å². The summed E-state index contributed by atoms with van der Waals surface area (Å²) in [4.78, 5) is 12.0. The maximum Gasteiger partial charge on any atom is 0.181 e. The Balaban J connectivity index is 1.96. The smallest absolute Gasteiger partial charge is 0.181 e. The van der Waals surface area contributed by atoms with Crippen LogP contribution in [0.1, 0.15) is 35.7 Å². The standard InChI is InChI=1S/C17H20N2O/c1-12(2)13-6-8-16(9-7-13)19-11-17(20)14-4-3-5-15(18)10-14/h3-10,12,19H,11,18H2,1-2H3. The van der Waals surface area contributed by atoms with E-state index in [-0.39, 0.29) is 12.3 Å². The second-order valence-corrected chi connectivity index (χ2v) is 5.18. The minimum absolute atomic E-state index is 0.0326. The molecule has 3 N–H and O–H groups in total. The molecule has 0 bridgehead atoms.